The molecule has 0 aliphatic carbocycles. The van der Waals surface area contributed by atoms with Crippen LogP contribution in [0.25, 0.3) is 0 Å². The summed E-state index contributed by atoms with van der Waals surface area (Å²) in [5.74, 6) is -1.85. The van der Waals surface area contributed by atoms with Crippen molar-refractivity contribution in [2.45, 2.75) is 49.8 Å². The Morgan fingerprint density at radius 1 is 1.33 bits per heavy atom. The molecule has 138 valence electrons. The molecule has 2 rings (SSSR count). The average Bonchev–Trinajstić information content (AvgIpc) is 2.48. The van der Waals surface area contributed by atoms with Crippen molar-refractivity contribution in [1.82, 2.24) is 4.31 Å². The van der Waals surface area contributed by atoms with Gasteiger partial charge < -0.3 is 10.5 Å². The van der Waals surface area contributed by atoms with Gasteiger partial charge in [0, 0.05) is 18.6 Å². The number of nitrogens with two attached hydrogens (primary N) is 1. The predicted molar refractivity (Wildman–Crippen MR) is 85.5 cm³/mol. The first-order chi connectivity index (χ1) is 10.7. The second-order valence-electron chi connectivity index (χ2n) is 5.51. The number of sulfonamides is 1. The highest BCUT2D eigenvalue weighted by Gasteiger charge is 2.35. The van der Waals surface area contributed by atoms with Crippen molar-refractivity contribution >= 4 is 22.4 Å². The zero-order chi connectivity index (χ0) is 17.2. The van der Waals surface area contributed by atoms with Crippen LogP contribution in [-0.4, -0.2) is 38.0 Å². The van der Waals surface area contributed by atoms with E-state index < -0.39 is 28.2 Å². The number of piperidine rings is 1. The van der Waals surface area contributed by atoms with Crippen LogP contribution in [0.3, 0.4) is 0 Å². The summed E-state index contributed by atoms with van der Waals surface area (Å²) >= 11 is 0. The SMILES string of the molecule is CC(N)C1CCCCN1S(=O)(=O)c1ccc(OC(F)F)c(F)c1.Cl. The molecule has 2 N–H and O–H groups in total. The molecule has 1 aliphatic rings. The Hall–Kier alpha value is -1.03. The fourth-order valence-corrected chi connectivity index (χ4v) is 4.51. The predicted octanol–water partition coefficient (Wildman–Crippen LogP) is 2.74. The van der Waals surface area contributed by atoms with Crippen molar-refractivity contribution in [3.05, 3.63) is 24.0 Å². The summed E-state index contributed by atoms with van der Waals surface area (Å²) < 4.78 is 68.7. The smallest absolute Gasteiger partial charge is 0.387 e. The lowest BCUT2D eigenvalue weighted by Gasteiger charge is -2.36. The van der Waals surface area contributed by atoms with Crippen LogP contribution in [0.1, 0.15) is 26.2 Å². The minimum atomic E-state index is -3.95. The molecule has 0 bridgehead atoms. The van der Waals surface area contributed by atoms with E-state index in [2.05, 4.69) is 4.74 Å². The fraction of sp³-hybridized carbons (Fsp3) is 0.571. The van der Waals surface area contributed by atoms with E-state index in [0.717, 1.165) is 18.6 Å². The number of benzene rings is 1. The zero-order valence-corrected chi connectivity index (χ0v) is 14.6. The number of halogens is 4. The second kappa shape index (κ2) is 8.37. The van der Waals surface area contributed by atoms with E-state index in [4.69, 9.17) is 5.73 Å². The fourth-order valence-electron chi connectivity index (χ4n) is 2.72. The van der Waals surface area contributed by atoms with Gasteiger partial charge >= 0.3 is 6.61 Å². The molecular weight excluding hydrogens is 369 g/mol. The normalized spacial score (nSPS) is 20.5. The van der Waals surface area contributed by atoms with E-state index in [1.54, 1.807) is 6.92 Å². The molecule has 24 heavy (non-hydrogen) atoms. The molecule has 2 unspecified atom stereocenters. The van der Waals surface area contributed by atoms with Crippen LogP contribution in [0.5, 0.6) is 5.75 Å². The molecule has 1 aliphatic heterocycles. The standard InChI is InChI=1S/C14H19F3N2O3S.ClH/c1-9(18)12-4-2-3-7-19(12)23(20,21)10-5-6-13(11(15)8-10)22-14(16)17;/h5-6,8-9,12,14H,2-4,7,18H2,1H3;1H. The summed E-state index contributed by atoms with van der Waals surface area (Å²) in [6.07, 6.45) is 2.19. The Labute approximate surface area is 145 Å². The minimum Gasteiger partial charge on any atom is -0.432 e. The lowest BCUT2D eigenvalue weighted by molar-refractivity contribution is -0.0522. The lowest BCUT2D eigenvalue weighted by atomic mass is 10.00. The van der Waals surface area contributed by atoms with Gasteiger partial charge in [0.25, 0.3) is 0 Å². The summed E-state index contributed by atoms with van der Waals surface area (Å²) in [6.45, 7) is -1.17. The van der Waals surface area contributed by atoms with Gasteiger partial charge in [0.1, 0.15) is 0 Å². The molecule has 1 heterocycles. The Balaban J connectivity index is 0.00000288. The average molecular weight is 389 g/mol. The minimum absolute atomic E-state index is 0. The molecule has 1 aromatic rings. The molecule has 0 radical (unpaired) electrons. The number of nitrogens with zero attached hydrogens (tertiary/aromatic N) is 1. The van der Waals surface area contributed by atoms with Crippen LogP contribution in [0, 0.1) is 5.82 Å². The molecule has 1 saturated heterocycles. The van der Waals surface area contributed by atoms with Crippen LogP contribution in [0.4, 0.5) is 13.2 Å². The number of hydrogen-bond donors (Lipinski definition) is 1. The van der Waals surface area contributed by atoms with Gasteiger partial charge in [0.05, 0.1) is 4.90 Å². The van der Waals surface area contributed by atoms with E-state index in [9.17, 15) is 21.6 Å². The van der Waals surface area contributed by atoms with Gasteiger partial charge in [-0.3, -0.25) is 0 Å². The first kappa shape index (κ1) is 21.0. The molecule has 5 nitrogen and oxygen atoms in total. The first-order valence-corrected chi connectivity index (χ1v) is 8.69. The highest BCUT2D eigenvalue weighted by atomic mass is 35.5. The van der Waals surface area contributed by atoms with Crippen molar-refractivity contribution in [3.8, 4) is 5.75 Å². The van der Waals surface area contributed by atoms with Crippen molar-refractivity contribution in [1.29, 1.82) is 0 Å². The van der Waals surface area contributed by atoms with Gasteiger partial charge in [-0.2, -0.15) is 13.1 Å². The highest BCUT2D eigenvalue weighted by molar-refractivity contribution is 7.89. The molecule has 0 spiro atoms. The molecule has 10 heteroatoms. The van der Waals surface area contributed by atoms with E-state index in [0.29, 0.717) is 25.5 Å². The van der Waals surface area contributed by atoms with Crippen molar-refractivity contribution in [2.24, 2.45) is 5.73 Å². The Kier molecular flexibility index (Phi) is 7.33. The van der Waals surface area contributed by atoms with Gasteiger partial charge in [0.2, 0.25) is 10.0 Å². The summed E-state index contributed by atoms with van der Waals surface area (Å²) in [5.41, 5.74) is 5.86. The number of alkyl halides is 2. The highest BCUT2D eigenvalue weighted by Crippen LogP contribution is 2.29. The summed E-state index contributed by atoms with van der Waals surface area (Å²) in [7, 11) is -3.95. The number of hydrogen-bond acceptors (Lipinski definition) is 4. The maximum atomic E-state index is 13.8. The van der Waals surface area contributed by atoms with Gasteiger partial charge in [-0.15, -0.1) is 12.4 Å². The molecule has 0 amide bonds. The van der Waals surface area contributed by atoms with Crippen LogP contribution in [0.2, 0.25) is 0 Å². The van der Waals surface area contributed by atoms with Gasteiger partial charge in [-0.25, -0.2) is 12.8 Å². The first-order valence-electron chi connectivity index (χ1n) is 7.25. The lowest BCUT2D eigenvalue weighted by Crippen LogP contribution is -2.51. The zero-order valence-electron chi connectivity index (χ0n) is 13.0. The summed E-state index contributed by atoms with van der Waals surface area (Å²) in [4.78, 5) is -0.302. The van der Waals surface area contributed by atoms with Crippen LogP contribution in [-0.2, 0) is 10.0 Å². The Morgan fingerprint density at radius 3 is 2.54 bits per heavy atom. The molecule has 0 aromatic heterocycles. The van der Waals surface area contributed by atoms with Gasteiger partial charge in [-0.05, 0) is 38.0 Å². The van der Waals surface area contributed by atoms with Gasteiger partial charge in [0.15, 0.2) is 11.6 Å². The third-order valence-corrected chi connectivity index (χ3v) is 5.75. The maximum Gasteiger partial charge on any atom is 0.387 e. The van der Waals surface area contributed by atoms with Crippen LogP contribution >= 0.6 is 12.4 Å². The van der Waals surface area contributed by atoms with E-state index in [1.807, 2.05) is 0 Å². The largest absolute Gasteiger partial charge is 0.432 e. The van der Waals surface area contributed by atoms with E-state index in [1.165, 1.54) is 4.31 Å². The Morgan fingerprint density at radius 2 is 2.00 bits per heavy atom. The summed E-state index contributed by atoms with van der Waals surface area (Å²) in [6, 6.07) is 1.91. The van der Waals surface area contributed by atoms with Crippen LogP contribution < -0.4 is 10.5 Å². The molecule has 1 aromatic carbocycles. The topological polar surface area (TPSA) is 72.6 Å². The Bertz CT molecular complexity index is 659. The third kappa shape index (κ3) is 4.53. The second-order valence-corrected chi connectivity index (χ2v) is 7.40. The monoisotopic (exact) mass is 388 g/mol. The van der Waals surface area contributed by atoms with E-state index in [-0.39, 0.29) is 29.4 Å². The number of ether oxygens (including phenoxy) is 1. The van der Waals surface area contributed by atoms with Gasteiger partial charge in [-0.1, -0.05) is 6.42 Å². The van der Waals surface area contributed by atoms with Crippen molar-refractivity contribution in [2.75, 3.05) is 6.54 Å². The van der Waals surface area contributed by atoms with Crippen molar-refractivity contribution < 1.29 is 26.3 Å². The van der Waals surface area contributed by atoms with Crippen molar-refractivity contribution in [3.63, 3.8) is 0 Å². The molecular formula is C14H20ClF3N2O3S. The maximum absolute atomic E-state index is 13.8. The molecule has 2 atom stereocenters. The third-order valence-electron chi connectivity index (χ3n) is 3.83. The summed E-state index contributed by atoms with van der Waals surface area (Å²) in [5, 5.41) is 0. The quantitative estimate of drug-likeness (QED) is 0.841. The molecule has 1 fully saturated rings. The van der Waals surface area contributed by atoms with E-state index >= 15 is 0 Å². The molecule has 0 saturated carbocycles. The van der Waals surface area contributed by atoms with Crippen LogP contribution in [0.15, 0.2) is 23.1 Å². The number of rotatable bonds is 5.